The van der Waals surface area contributed by atoms with Crippen LogP contribution in [0.3, 0.4) is 0 Å². The monoisotopic (exact) mass is 742 g/mol. The fraction of sp³-hybridized carbons (Fsp3) is 0.156. The third kappa shape index (κ3) is 9.86. The number of rotatable bonds is 16. The van der Waals surface area contributed by atoms with E-state index in [4.69, 9.17) is 32.7 Å². The average Bonchev–Trinajstić information content (AvgIpc) is 3.19. The van der Waals surface area contributed by atoms with Gasteiger partial charge in [-0.05, 0) is 90.3 Å². The molecule has 2 N–H and O–H groups in total. The molecule has 6 nitrogen and oxygen atoms in total. The Labute approximate surface area is 320 Å². The van der Waals surface area contributed by atoms with Crippen LogP contribution in [0.4, 0.5) is 11.4 Å². The number of hydrogen-bond donors (Lipinski definition) is 2. The van der Waals surface area contributed by atoms with E-state index in [0.717, 1.165) is 33.6 Å². The van der Waals surface area contributed by atoms with Gasteiger partial charge in [0, 0.05) is 56.5 Å². The zero-order chi connectivity index (χ0) is 37.2. The van der Waals surface area contributed by atoms with E-state index < -0.39 is 12.1 Å². The molecule has 0 saturated heterocycles. The molecule has 2 unspecified atom stereocenters. The number of ketones is 2. The summed E-state index contributed by atoms with van der Waals surface area (Å²) in [7, 11) is 3.27. The molecule has 0 heterocycles. The van der Waals surface area contributed by atoms with Crippen LogP contribution in [-0.4, -0.2) is 25.8 Å². The summed E-state index contributed by atoms with van der Waals surface area (Å²) in [6.45, 7) is 0. The van der Waals surface area contributed by atoms with Gasteiger partial charge in [-0.25, -0.2) is 0 Å². The number of anilines is 2. The Bertz CT molecular complexity index is 1990. The van der Waals surface area contributed by atoms with Crippen LogP contribution < -0.4 is 20.1 Å². The van der Waals surface area contributed by atoms with Crippen LogP contribution in [0.2, 0.25) is 10.0 Å². The highest BCUT2D eigenvalue weighted by atomic mass is 35.5. The number of halogens is 2. The molecule has 0 amide bonds. The Morgan fingerprint density at radius 3 is 1.26 bits per heavy atom. The van der Waals surface area contributed by atoms with Crippen molar-refractivity contribution in [3.05, 3.63) is 189 Å². The van der Waals surface area contributed by atoms with Gasteiger partial charge in [0.25, 0.3) is 0 Å². The van der Waals surface area contributed by atoms with Crippen molar-refractivity contribution in [1.29, 1.82) is 0 Å². The quantitative estimate of drug-likeness (QED) is 0.0962. The summed E-state index contributed by atoms with van der Waals surface area (Å²) < 4.78 is 11.7. The fourth-order valence-corrected chi connectivity index (χ4v) is 6.65. The third-order valence-corrected chi connectivity index (χ3v) is 9.59. The molecule has 0 radical (unpaired) electrons. The van der Waals surface area contributed by atoms with E-state index in [1.807, 2.05) is 133 Å². The lowest BCUT2D eigenvalue weighted by Gasteiger charge is -2.24. The van der Waals surface area contributed by atoms with Gasteiger partial charge in [-0.2, -0.15) is 0 Å². The summed E-state index contributed by atoms with van der Waals surface area (Å²) in [6.07, 6.45) is 0.980. The van der Waals surface area contributed by atoms with Crippen molar-refractivity contribution in [3.8, 4) is 11.5 Å². The van der Waals surface area contributed by atoms with Crippen LogP contribution in [-0.2, 0) is 6.42 Å². The van der Waals surface area contributed by atoms with Crippen LogP contribution >= 0.6 is 23.2 Å². The van der Waals surface area contributed by atoms with Gasteiger partial charge >= 0.3 is 0 Å². The van der Waals surface area contributed by atoms with Crippen molar-refractivity contribution in [3.63, 3.8) is 0 Å². The minimum absolute atomic E-state index is 0.00796. The summed E-state index contributed by atoms with van der Waals surface area (Å²) >= 11 is 12.4. The molecule has 0 spiro atoms. The summed E-state index contributed by atoms with van der Waals surface area (Å²) in [4.78, 5) is 27.1. The maximum absolute atomic E-state index is 13.6. The van der Waals surface area contributed by atoms with Crippen molar-refractivity contribution < 1.29 is 19.1 Å². The molecule has 268 valence electrons. The highest BCUT2D eigenvalue weighted by Gasteiger charge is 2.24. The molecule has 0 aliphatic carbocycles. The van der Waals surface area contributed by atoms with Crippen LogP contribution in [0.15, 0.2) is 146 Å². The van der Waals surface area contributed by atoms with Gasteiger partial charge in [0.15, 0.2) is 11.6 Å². The van der Waals surface area contributed by atoms with Crippen molar-refractivity contribution in [2.75, 3.05) is 24.9 Å². The first-order valence-electron chi connectivity index (χ1n) is 17.3. The summed E-state index contributed by atoms with van der Waals surface area (Å²) in [5.74, 6) is 1.36. The van der Waals surface area contributed by atoms with Crippen molar-refractivity contribution in [2.45, 2.75) is 31.3 Å². The first-order valence-corrected chi connectivity index (χ1v) is 18.1. The molecule has 0 aromatic heterocycles. The van der Waals surface area contributed by atoms with Crippen LogP contribution in [0.5, 0.6) is 11.5 Å². The predicted molar refractivity (Wildman–Crippen MR) is 215 cm³/mol. The molecule has 6 aromatic rings. The standard InChI is InChI=1S/C45H40Cl2N2O4/c1-52-44-23-13-30(26-38(44)40(48-36-19-15-34(46)16-20-36)28-42(50)32-9-5-3-6-10-32)25-31-14-24-45(53-2)39(27-31)41(49-37-21-17-35(47)18-22-37)29-43(51)33-11-7-4-8-12-33/h3-24,26-27,40-41,48-49H,25,28-29H2,1-2H3. The van der Waals surface area contributed by atoms with E-state index in [-0.39, 0.29) is 24.4 Å². The number of Topliss-reactive ketones (excluding diaryl/α,β-unsaturated/α-hetero) is 2. The van der Waals surface area contributed by atoms with E-state index >= 15 is 0 Å². The number of carbonyl (C=O) groups is 2. The van der Waals surface area contributed by atoms with Crippen molar-refractivity contribution >= 4 is 46.1 Å². The minimum atomic E-state index is -0.401. The maximum atomic E-state index is 13.6. The molecule has 6 rings (SSSR count). The largest absolute Gasteiger partial charge is 0.496 e. The first kappa shape index (κ1) is 37.2. The Kier molecular flexibility index (Phi) is 12.5. The Balaban J connectivity index is 1.34. The zero-order valence-electron chi connectivity index (χ0n) is 29.5. The van der Waals surface area contributed by atoms with Crippen LogP contribution in [0, 0.1) is 0 Å². The van der Waals surface area contributed by atoms with Crippen molar-refractivity contribution in [1.82, 2.24) is 0 Å². The second-order valence-electron chi connectivity index (χ2n) is 12.7. The van der Waals surface area contributed by atoms with E-state index in [1.165, 1.54) is 0 Å². The lowest BCUT2D eigenvalue weighted by Crippen LogP contribution is -2.17. The number of methoxy groups -OCH3 is 2. The second kappa shape index (κ2) is 17.8. The lowest BCUT2D eigenvalue weighted by molar-refractivity contribution is 0.0968. The molecule has 6 aromatic carbocycles. The molecule has 0 bridgehead atoms. The van der Waals surface area contributed by atoms with Gasteiger partial charge in [-0.1, -0.05) is 96.0 Å². The first-order chi connectivity index (χ1) is 25.8. The van der Waals surface area contributed by atoms with Gasteiger partial charge in [0.2, 0.25) is 0 Å². The average molecular weight is 744 g/mol. The smallest absolute Gasteiger partial charge is 0.165 e. The molecule has 0 fully saturated rings. The van der Waals surface area contributed by atoms with Gasteiger partial charge in [0.1, 0.15) is 11.5 Å². The topological polar surface area (TPSA) is 76.7 Å². The van der Waals surface area contributed by atoms with Gasteiger partial charge in [-0.3, -0.25) is 9.59 Å². The van der Waals surface area contributed by atoms with E-state index in [2.05, 4.69) is 22.8 Å². The van der Waals surface area contributed by atoms with Crippen LogP contribution in [0.25, 0.3) is 0 Å². The Morgan fingerprint density at radius 2 is 0.906 bits per heavy atom. The van der Waals surface area contributed by atoms with Crippen LogP contribution in [0.1, 0.15) is 67.9 Å². The number of hydrogen-bond acceptors (Lipinski definition) is 6. The lowest BCUT2D eigenvalue weighted by atomic mass is 9.92. The van der Waals surface area contributed by atoms with E-state index in [0.29, 0.717) is 39.1 Å². The predicted octanol–water partition coefficient (Wildman–Crippen LogP) is 11.5. The van der Waals surface area contributed by atoms with Crippen molar-refractivity contribution in [2.24, 2.45) is 0 Å². The fourth-order valence-electron chi connectivity index (χ4n) is 6.39. The van der Waals surface area contributed by atoms with Gasteiger partial charge in [-0.15, -0.1) is 0 Å². The molecule has 0 aliphatic rings. The normalized spacial score (nSPS) is 12.0. The molecule has 0 aliphatic heterocycles. The van der Waals surface area contributed by atoms with E-state index in [9.17, 15) is 9.59 Å². The molecule has 2 atom stereocenters. The molecule has 0 saturated carbocycles. The number of carbonyl (C=O) groups excluding carboxylic acids is 2. The van der Waals surface area contributed by atoms with E-state index in [1.54, 1.807) is 14.2 Å². The minimum Gasteiger partial charge on any atom is -0.496 e. The summed E-state index contributed by atoms with van der Waals surface area (Å²) in [5, 5.41) is 8.38. The Morgan fingerprint density at radius 1 is 0.528 bits per heavy atom. The number of benzene rings is 6. The number of nitrogens with one attached hydrogen (secondary N) is 2. The summed E-state index contributed by atoms with van der Waals surface area (Å²) in [5.41, 5.74) is 6.70. The molecular weight excluding hydrogens is 703 g/mol. The Hall–Kier alpha value is -5.56. The third-order valence-electron chi connectivity index (χ3n) is 9.09. The molecule has 8 heteroatoms. The zero-order valence-corrected chi connectivity index (χ0v) is 31.0. The SMILES string of the molecule is COc1ccc(Cc2ccc(OC)c(C(CC(=O)c3ccccc3)Nc3ccc(Cl)cc3)c2)cc1C(CC(=O)c1ccccc1)Nc1ccc(Cl)cc1. The second-order valence-corrected chi connectivity index (χ2v) is 13.6. The summed E-state index contributed by atoms with van der Waals surface area (Å²) in [6, 6.07) is 44.8. The molecular formula is C45H40Cl2N2O4. The van der Waals surface area contributed by atoms with Gasteiger partial charge in [0.05, 0.1) is 26.3 Å². The highest BCUT2D eigenvalue weighted by molar-refractivity contribution is 6.30. The van der Waals surface area contributed by atoms with Gasteiger partial charge < -0.3 is 20.1 Å². The maximum Gasteiger partial charge on any atom is 0.165 e. The molecule has 53 heavy (non-hydrogen) atoms. The number of ether oxygens (including phenoxy) is 2. The highest BCUT2D eigenvalue weighted by Crippen LogP contribution is 2.36.